The molecule has 0 saturated carbocycles. The molecule has 0 radical (unpaired) electrons. The van der Waals surface area contributed by atoms with Crippen LogP contribution in [0.1, 0.15) is 20.7 Å². The smallest absolute Gasteiger partial charge is 0.338 e. The molecule has 0 atom stereocenters. The predicted octanol–water partition coefficient (Wildman–Crippen LogP) is 2.64. The zero-order valence-electron chi connectivity index (χ0n) is 16.8. The second-order valence-electron chi connectivity index (χ2n) is 6.69. The van der Waals surface area contributed by atoms with E-state index in [9.17, 15) is 14.4 Å². The van der Waals surface area contributed by atoms with Gasteiger partial charge in [-0.1, -0.05) is 0 Å². The number of carbonyl (C=O) groups excluding carboxylic acids is 3. The highest BCUT2D eigenvalue weighted by Crippen LogP contribution is 2.11. The molecule has 0 aliphatic carbocycles. The lowest BCUT2D eigenvalue weighted by molar-refractivity contribution is -0.125. The van der Waals surface area contributed by atoms with Gasteiger partial charge in [-0.3, -0.25) is 4.79 Å². The molecule has 0 spiro atoms. The van der Waals surface area contributed by atoms with Gasteiger partial charge in [0.2, 0.25) is 5.78 Å². The summed E-state index contributed by atoms with van der Waals surface area (Å²) in [7, 11) is 0. The molecule has 4 aromatic rings. The molecule has 0 aliphatic heterocycles. The van der Waals surface area contributed by atoms with Gasteiger partial charge < -0.3 is 9.47 Å². The normalized spacial score (nSPS) is 10.5. The van der Waals surface area contributed by atoms with Gasteiger partial charge in [-0.15, -0.1) is 0 Å². The number of hydrogen-bond donors (Lipinski definition) is 0. The monoisotopic (exact) mass is 430 g/mol. The molecule has 0 bridgehead atoms. The quantitative estimate of drug-likeness (QED) is 0.396. The van der Waals surface area contributed by atoms with Crippen LogP contribution >= 0.6 is 0 Å². The molecule has 4 rings (SSSR count). The van der Waals surface area contributed by atoms with Gasteiger partial charge in [-0.2, -0.15) is 10.2 Å². The summed E-state index contributed by atoms with van der Waals surface area (Å²) in [4.78, 5) is 36.2. The summed E-state index contributed by atoms with van der Waals surface area (Å²) >= 11 is 0. The van der Waals surface area contributed by atoms with Crippen LogP contribution < -0.4 is 0 Å². The Morgan fingerprint density at radius 1 is 0.656 bits per heavy atom. The minimum absolute atomic E-state index is 0.294. The molecule has 0 unspecified atom stereocenters. The summed E-state index contributed by atoms with van der Waals surface area (Å²) in [5, 5.41) is 8.21. The Balaban J connectivity index is 1.23. The molecule has 9 heteroatoms. The number of ketones is 1. The molecular weight excluding hydrogens is 412 g/mol. The maximum Gasteiger partial charge on any atom is 0.338 e. The molecule has 160 valence electrons. The van der Waals surface area contributed by atoms with E-state index in [2.05, 4.69) is 10.2 Å². The third-order valence-corrected chi connectivity index (χ3v) is 4.47. The van der Waals surface area contributed by atoms with E-state index in [0.29, 0.717) is 11.1 Å². The zero-order chi connectivity index (χ0) is 22.3. The number of hydrogen-bond acceptors (Lipinski definition) is 7. The van der Waals surface area contributed by atoms with E-state index >= 15 is 0 Å². The van der Waals surface area contributed by atoms with Crippen LogP contribution in [0.5, 0.6) is 0 Å². The van der Waals surface area contributed by atoms with Crippen molar-refractivity contribution >= 4 is 17.7 Å². The molecule has 2 aromatic heterocycles. The van der Waals surface area contributed by atoms with Crippen LogP contribution in [0.2, 0.25) is 0 Å². The number of nitrogens with zero attached hydrogens (tertiary/aromatic N) is 4. The second kappa shape index (κ2) is 9.52. The van der Waals surface area contributed by atoms with Crippen LogP contribution in [-0.4, -0.2) is 50.5 Å². The van der Waals surface area contributed by atoms with Crippen molar-refractivity contribution < 1.29 is 23.9 Å². The number of ether oxygens (including phenoxy) is 2. The first kappa shape index (κ1) is 20.7. The fourth-order valence-electron chi connectivity index (χ4n) is 2.84. The summed E-state index contributed by atoms with van der Waals surface area (Å²) < 4.78 is 13.3. The number of carbonyl (C=O) groups is 3. The van der Waals surface area contributed by atoms with E-state index in [4.69, 9.17) is 9.47 Å². The summed E-state index contributed by atoms with van der Waals surface area (Å²) in [6.45, 7) is -0.990. The fourth-order valence-corrected chi connectivity index (χ4v) is 2.84. The Morgan fingerprint density at radius 2 is 1.06 bits per heavy atom. The number of benzene rings is 2. The first-order chi connectivity index (χ1) is 15.6. The highest BCUT2D eigenvalue weighted by molar-refractivity contribution is 5.94. The Bertz CT molecular complexity index is 1100. The van der Waals surface area contributed by atoms with Gasteiger partial charge in [-0.05, 0) is 60.7 Å². The van der Waals surface area contributed by atoms with Crippen molar-refractivity contribution in [1.29, 1.82) is 0 Å². The average molecular weight is 430 g/mol. The Morgan fingerprint density at radius 3 is 1.41 bits per heavy atom. The molecule has 9 nitrogen and oxygen atoms in total. The standard InChI is InChI=1S/C23H18N4O5/c28-21(15-31-22(29)17-3-7-19(8-4-17)26-13-1-11-24-26)16-32-23(30)18-5-9-20(10-6-18)27-14-2-12-25-27/h1-14H,15-16H2. The van der Waals surface area contributed by atoms with Gasteiger partial charge in [0, 0.05) is 24.8 Å². The van der Waals surface area contributed by atoms with Crippen LogP contribution in [0.3, 0.4) is 0 Å². The van der Waals surface area contributed by atoms with Gasteiger partial charge in [0.25, 0.3) is 0 Å². The second-order valence-corrected chi connectivity index (χ2v) is 6.69. The molecule has 0 fully saturated rings. The van der Waals surface area contributed by atoms with Crippen LogP contribution in [0.4, 0.5) is 0 Å². The Labute approximate surface area is 182 Å². The van der Waals surface area contributed by atoms with Crippen molar-refractivity contribution in [2.45, 2.75) is 0 Å². The molecule has 0 aliphatic rings. The first-order valence-corrected chi connectivity index (χ1v) is 9.66. The summed E-state index contributed by atoms with van der Waals surface area (Å²) in [6.07, 6.45) is 6.86. The van der Waals surface area contributed by atoms with Crippen LogP contribution in [0.25, 0.3) is 11.4 Å². The maximum absolute atomic E-state index is 12.1. The van der Waals surface area contributed by atoms with E-state index in [1.807, 2.05) is 0 Å². The van der Waals surface area contributed by atoms with Crippen molar-refractivity contribution in [2.24, 2.45) is 0 Å². The van der Waals surface area contributed by atoms with Crippen molar-refractivity contribution in [3.63, 3.8) is 0 Å². The minimum atomic E-state index is -0.647. The Kier molecular flexibility index (Phi) is 6.17. The zero-order valence-corrected chi connectivity index (χ0v) is 16.8. The number of aromatic nitrogens is 4. The lowest BCUT2D eigenvalue weighted by Crippen LogP contribution is -2.20. The molecule has 32 heavy (non-hydrogen) atoms. The molecule has 0 N–H and O–H groups in total. The lowest BCUT2D eigenvalue weighted by Gasteiger charge is -2.07. The number of Topliss-reactive ketones (excluding diaryl/α,β-unsaturated/α-hetero) is 1. The maximum atomic E-state index is 12.1. The van der Waals surface area contributed by atoms with Crippen molar-refractivity contribution in [3.05, 3.63) is 96.6 Å². The van der Waals surface area contributed by atoms with Crippen molar-refractivity contribution in [3.8, 4) is 11.4 Å². The summed E-state index contributed by atoms with van der Waals surface area (Å²) in [5.74, 6) is -1.83. The summed E-state index contributed by atoms with van der Waals surface area (Å²) in [5.41, 5.74) is 2.16. The third-order valence-electron chi connectivity index (χ3n) is 4.47. The van der Waals surface area contributed by atoms with Crippen LogP contribution in [0.15, 0.2) is 85.5 Å². The molecule has 2 heterocycles. The van der Waals surface area contributed by atoms with E-state index < -0.39 is 30.9 Å². The van der Waals surface area contributed by atoms with Gasteiger partial charge in [0.1, 0.15) is 0 Å². The highest BCUT2D eigenvalue weighted by atomic mass is 16.6. The first-order valence-electron chi connectivity index (χ1n) is 9.66. The predicted molar refractivity (Wildman–Crippen MR) is 113 cm³/mol. The molecule has 0 saturated heterocycles. The minimum Gasteiger partial charge on any atom is -0.454 e. The fraction of sp³-hybridized carbons (Fsp3) is 0.0870. The van der Waals surface area contributed by atoms with Gasteiger partial charge in [-0.25, -0.2) is 19.0 Å². The largest absolute Gasteiger partial charge is 0.454 e. The molecule has 0 amide bonds. The van der Waals surface area contributed by atoms with E-state index in [0.717, 1.165) is 11.4 Å². The van der Waals surface area contributed by atoms with Crippen LogP contribution in [-0.2, 0) is 14.3 Å². The van der Waals surface area contributed by atoms with Crippen molar-refractivity contribution in [1.82, 2.24) is 19.6 Å². The highest BCUT2D eigenvalue weighted by Gasteiger charge is 2.14. The van der Waals surface area contributed by atoms with E-state index in [-0.39, 0.29) is 0 Å². The molecule has 2 aromatic carbocycles. The van der Waals surface area contributed by atoms with Gasteiger partial charge in [0.15, 0.2) is 13.2 Å². The average Bonchev–Trinajstić information content (AvgIpc) is 3.56. The Hall–Kier alpha value is -4.53. The van der Waals surface area contributed by atoms with E-state index in [1.165, 1.54) is 0 Å². The third kappa shape index (κ3) is 4.96. The summed E-state index contributed by atoms with van der Waals surface area (Å²) in [6, 6.07) is 16.8. The van der Waals surface area contributed by atoms with Gasteiger partial charge in [0.05, 0.1) is 22.5 Å². The number of esters is 2. The van der Waals surface area contributed by atoms with E-state index in [1.54, 1.807) is 94.8 Å². The number of rotatable bonds is 8. The topological polar surface area (TPSA) is 105 Å². The molecular formula is C23H18N4O5. The lowest BCUT2D eigenvalue weighted by atomic mass is 10.2. The van der Waals surface area contributed by atoms with Gasteiger partial charge >= 0.3 is 11.9 Å². The van der Waals surface area contributed by atoms with Crippen molar-refractivity contribution in [2.75, 3.05) is 13.2 Å². The van der Waals surface area contributed by atoms with Crippen LogP contribution in [0, 0.1) is 0 Å². The SMILES string of the molecule is O=C(COC(=O)c1ccc(-n2cccn2)cc1)COC(=O)c1ccc(-n2cccn2)cc1.